The van der Waals surface area contributed by atoms with Gasteiger partial charge in [-0.1, -0.05) is 63.7 Å². The molecule has 1 rings (SSSR count). The van der Waals surface area contributed by atoms with Gasteiger partial charge in [0.1, 0.15) is 6.10 Å². The van der Waals surface area contributed by atoms with E-state index in [1.54, 1.807) is 0 Å². The number of hydrogen-bond donors (Lipinski definition) is 2. The third kappa shape index (κ3) is 12.0. The number of hydrogen-bond acceptors (Lipinski definition) is 2. The molecule has 1 aliphatic carbocycles. The Kier molecular flexibility index (Phi) is 10.0. The van der Waals surface area contributed by atoms with Crippen molar-refractivity contribution in [3.05, 3.63) is 0 Å². The SMILES string of the molecule is O=P(O)(O)OC1C#CCCCCCCCCCCCCC1. The summed E-state index contributed by atoms with van der Waals surface area (Å²) in [4.78, 5) is 17.9. The van der Waals surface area contributed by atoms with Crippen LogP contribution in [0, 0.1) is 11.8 Å². The summed E-state index contributed by atoms with van der Waals surface area (Å²) in [6.45, 7) is 0. The highest BCUT2D eigenvalue weighted by atomic mass is 31.2. The van der Waals surface area contributed by atoms with Crippen LogP contribution in [0.25, 0.3) is 0 Å². The van der Waals surface area contributed by atoms with Crippen LogP contribution in [-0.2, 0) is 9.09 Å². The van der Waals surface area contributed by atoms with E-state index in [0.717, 1.165) is 25.7 Å². The maximum Gasteiger partial charge on any atom is 0.470 e. The first-order chi connectivity index (χ1) is 10.1. The van der Waals surface area contributed by atoms with Gasteiger partial charge >= 0.3 is 7.82 Å². The maximum absolute atomic E-state index is 11.0. The topological polar surface area (TPSA) is 66.8 Å². The Balaban J connectivity index is 2.45. The van der Waals surface area contributed by atoms with E-state index in [9.17, 15) is 4.57 Å². The van der Waals surface area contributed by atoms with Crippen molar-refractivity contribution < 1.29 is 18.9 Å². The first kappa shape index (κ1) is 18.7. The lowest BCUT2D eigenvalue weighted by atomic mass is 10.0. The highest BCUT2D eigenvalue weighted by molar-refractivity contribution is 7.46. The summed E-state index contributed by atoms with van der Waals surface area (Å²) in [6, 6.07) is 0. The van der Waals surface area contributed by atoms with Crippen molar-refractivity contribution in [2.45, 2.75) is 89.6 Å². The predicted molar refractivity (Wildman–Crippen MR) is 84.7 cm³/mol. The molecule has 0 heterocycles. The molecule has 21 heavy (non-hydrogen) atoms. The maximum atomic E-state index is 11.0. The van der Waals surface area contributed by atoms with Crippen molar-refractivity contribution in [2.75, 3.05) is 0 Å². The molecule has 1 aliphatic rings. The Labute approximate surface area is 128 Å². The lowest BCUT2D eigenvalue weighted by molar-refractivity contribution is 0.158. The predicted octanol–water partition coefficient (Wildman–Crippen LogP) is 4.55. The summed E-state index contributed by atoms with van der Waals surface area (Å²) in [5.74, 6) is 5.92. The molecule has 0 fully saturated rings. The summed E-state index contributed by atoms with van der Waals surface area (Å²) in [7, 11) is -4.44. The zero-order chi connectivity index (χ0) is 15.4. The quantitative estimate of drug-likeness (QED) is 0.579. The van der Waals surface area contributed by atoms with Crippen LogP contribution < -0.4 is 0 Å². The van der Waals surface area contributed by atoms with Gasteiger partial charge in [-0.25, -0.2) is 4.57 Å². The Morgan fingerprint density at radius 1 is 0.810 bits per heavy atom. The fraction of sp³-hybridized carbons (Fsp3) is 0.875. The van der Waals surface area contributed by atoms with Crippen molar-refractivity contribution in [3.8, 4) is 11.8 Å². The molecule has 0 amide bonds. The second kappa shape index (κ2) is 11.3. The fourth-order valence-corrected chi connectivity index (χ4v) is 3.13. The zero-order valence-corrected chi connectivity index (χ0v) is 13.8. The van der Waals surface area contributed by atoms with Crippen molar-refractivity contribution in [2.24, 2.45) is 0 Å². The molecule has 0 aromatic rings. The van der Waals surface area contributed by atoms with E-state index in [4.69, 9.17) is 14.3 Å². The Morgan fingerprint density at radius 3 is 1.81 bits per heavy atom. The van der Waals surface area contributed by atoms with Gasteiger partial charge in [-0.05, 0) is 19.3 Å². The molecule has 0 bridgehead atoms. The van der Waals surface area contributed by atoms with Crippen LogP contribution in [0.2, 0.25) is 0 Å². The minimum absolute atomic E-state index is 0.609. The molecule has 0 spiro atoms. The molecule has 1 unspecified atom stereocenters. The van der Waals surface area contributed by atoms with Crippen LogP contribution >= 0.6 is 7.82 Å². The van der Waals surface area contributed by atoms with Crippen molar-refractivity contribution in [1.82, 2.24) is 0 Å². The van der Waals surface area contributed by atoms with E-state index in [0.29, 0.717) is 6.42 Å². The Bertz CT molecular complexity index is 366. The van der Waals surface area contributed by atoms with Gasteiger partial charge in [-0.15, -0.1) is 5.92 Å². The van der Waals surface area contributed by atoms with E-state index in [1.807, 2.05) is 0 Å². The van der Waals surface area contributed by atoms with Gasteiger partial charge < -0.3 is 9.79 Å². The molecule has 1 atom stereocenters. The molecule has 0 aromatic carbocycles. The van der Waals surface area contributed by atoms with Crippen molar-refractivity contribution in [1.29, 1.82) is 0 Å². The summed E-state index contributed by atoms with van der Waals surface area (Å²) in [5.41, 5.74) is 0. The van der Waals surface area contributed by atoms with Gasteiger partial charge in [-0.3, -0.25) is 4.52 Å². The average molecular weight is 316 g/mol. The van der Waals surface area contributed by atoms with Crippen LogP contribution in [0.3, 0.4) is 0 Å². The normalized spacial score (nSPS) is 24.0. The van der Waals surface area contributed by atoms with E-state index < -0.39 is 13.9 Å². The number of rotatable bonds is 2. The van der Waals surface area contributed by atoms with Gasteiger partial charge in [0.2, 0.25) is 0 Å². The van der Waals surface area contributed by atoms with Crippen LogP contribution in [0.4, 0.5) is 0 Å². The van der Waals surface area contributed by atoms with Crippen LogP contribution in [0.5, 0.6) is 0 Å². The van der Waals surface area contributed by atoms with Gasteiger partial charge in [-0.2, -0.15) is 0 Å². The van der Waals surface area contributed by atoms with Crippen LogP contribution in [-0.4, -0.2) is 15.9 Å². The summed E-state index contributed by atoms with van der Waals surface area (Å²) >= 11 is 0. The minimum atomic E-state index is -4.44. The Morgan fingerprint density at radius 2 is 1.29 bits per heavy atom. The van der Waals surface area contributed by atoms with Gasteiger partial charge in [0, 0.05) is 6.42 Å². The second-order valence-corrected chi connectivity index (χ2v) is 7.03. The third-order valence-electron chi connectivity index (χ3n) is 3.80. The summed E-state index contributed by atoms with van der Waals surface area (Å²) in [6.07, 6.45) is 14.1. The van der Waals surface area contributed by atoms with Crippen molar-refractivity contribution >= 4 is 7.82 Å². The van der Waals surface area contributed by atoms with E-state index in [2.05, 4.69) is 11.8 Å². The smallest absolute Gasteiger partial charge is 0.303 e. The van der Waals surface area contributed by atoms with E-state index in [-0.39, 0.29) is 0 Å². The van der Waals surface area contributed by atoms with E-state index >= 15 is 0 Å². The standard InChI is InChI=1S/C16H29O4P/c17-21(18,19)20-16-14-12-10-8-6-4-2-1-3-5-7-9-11-13-15-16/h16H,1-12,14H2,(H2,17,18,19). The molecule has 5 heteroatoms. The molecular weight excluding hydrogens is 287 g/mol. The molecule has 122 valence electrons. The average Bonchev–Trinajstić information content (AvgIpc) is 2.39. The molecule has 2 N–H and O–H groups in total. The minimum Gasteiger partial charge on any atom is -0.303 e. The van der Waals surface area contributed by atoms with Crippen LogP contribution in [0.1, 0.15) is 83.5 Å². The fourth-order valence-electron chi connectivity index (χ4n) is 2.64. The van der Waals surface area contributed by atoms with Gasteiger partial charge in [0.05, 0.1) is 0 Å². The third-order valence-corrected chi connectivity index (χ3v) is 4.32. The lowest BCUT2D eigenvalue weighted by Crippen LogP contribution is -2.09. The largest absolute Gasteiger partial charge is 0.470 e. The molecular formula is C16H29O4P. The molecule has 0 saturated heterocycles. The highest BCUT2D eigenvalue weighted by Crippen LogP contribution is 2.38. The van der Waals surface area contributed by atoms with Crippen molar-refractivity contribution in [3.63, 3.8) is 0 Å². The first-order valence-corrected chi connectivity index (χ1v) is 9.83. The molecule has 0 saturated carbocycles. The summed E-state index contributed by atoms with van der Waals surface area (Å²) in [5, 5.41) is 0. The van der Waals surface area contributed by atoms with Gasteiger partial charge in [0.15, 0.2) is 0 Å². The zero-order valence-electron chi connectivity index (χ0n) is 12.9. The first-order valence-electron chi connectivity index (χ1n) is 8.30. The van der Waals surface area contributed by atoms with E-state index in [1.165, 1.54) is 51.4 Å². The monoisotopic (exact) mass is 316 g/mol. The number of phosphoric ester groups is 1. The molecule has 0 radical (unpaired) electrons. The summed E-state index contributed by atoms with van der Waals surface area (Å²) < 4.78 is 15.7. The highest BCUT2D eigenvalue weighted by Gasteiger charge is 2.20. The lowest BCUT2D eigenvalue weighted by Gasteiger charge is -2.13. The Hall–Kier alpha value is -0.330. The molecule has 4 nitrogen and oxygen atoms in total. The number of phosphoric acid groups is 1. The van der Waals surface area contributed by atoms with Crippen LogP contribution in [0.15, 0.2) is 0 Å². The molecule has 0 aromatic heterocycles. The van der Waals surface area contributed by atoms with Gasteiger partial charge in [0.25, 0.3) is 0 Å². The second-order valence-electron chi connectivity index (χ2n) is 5.83. The molecule has 0 aliphatic heterocycles.